The molecule has 0 bridgehead atoms. The third-order valence-electron chi connectivity index (χ3n) is 3.96. The Hall–Kier alpha value is -2.56. The molecule has 1 aromatic heterocycles. The molecule has 5 heteroatoms. The van der Waals surface area contributed by atoms with Gasteiger partial charge in [0, 0.05) is 12.4 Å². The number of hydrogen-bond donors (Lipinski definition) is 1. The first-order valence-electron chi connectivity index (χ1n) is 8.67. The molecule has 0 fully saturated rings. The summed E-state index contributed by atoms with van der Waals surface area (Å²) in [7, 11) is 1.62. The molecule has 134 valence electrons. The molecule has 0 aliphatic carbocycles. The largest absolute Gasteiger partial charge is 0.493 e. The van der Waals surface area contributed by atoms with Crippen LogP contribution in [0.2, 0.25) is 0 Å². The van der Waals surface area contributed by atoms with Crippen molar-refractivity contribution in [3.05, 3.63) is 53.9 Å². The molecule has 0 radical (unpaired) electrons. The zero-order chi connectivity index (χ0) is 18.1. The van der Waals surface area contributed by atoms with Crippen LogP contribution in [0.5, 0.6) is 11.5 Å². The summed E-state index contributed by atoms with van der Waals surface area (Å²) in [6, 6.07) is 9.08. The summed E-state index contributed by atoms with van der Waals surface area (Å²) in [5.74, 6) is 1.25. The number of carbonyl (C=O) groups is 1. The lowest BCUT2D eigenvalue weighted by atomic mass is 10.1. The minimum atomic E-state index is -0.157. The van der Waals surface area contributed by atoms with Crippen LogP contribution in [0.4, 0.5) is 0 Å². The van der Waals surface area contributed by atoms with E-state index in [1.165, 1.54) is 0 Å². The van der Waals surface area contributed by atoms with Crippen LogP contribution in [0.3, 0.4) is 0 Å². The second-order valence-electron chi connectivity index (χ2n) is 5.90. The maximum atomic E-state index is 12.2. The van der Waals surface area contributed by atoms with Crippen molar-refractivity contribution in [2.45, 2.75) is 39.2 Å². The van der Waals surface area contributed by atoms with Crippen LogP contribution >= 0.6 is 0 Å². The Morgan fingerprint density at radius 2 is 2.08 bits per heavy atom. The highest BCUT2D eigenvalue weighted by molar-refractivity contribution is 5.94. The van der Waals surface area contributed by atoms with Gasteiger partial charge in [0.25, 0.3) is 5.91 Å². The van der Waals surface area contributed by atoms with E-state index >= 15 is 0 Å². The fourth-order valence-corrected chi connectivity index (χ4v) is 2.47. The van der Waals surface area contributed by atoms with Crippen molar-refractivity contribution >= 4 is 5.91 Å². The summed E-state index contributed by atoms with van der Waals surface area (Å²) < 4.78 is 11.2. The zero-order valence-corrected chi connectivity index (χ0v) is 15.1. The van der Waals surface area contributed by atoms with E-state index < -0.39 is 0 Å². The molecule has 5 nitrogen and oxygen atoms in total. The van der Waals surface area contributed by atoms with E-state index in [0.29, 0.717) is 17.9 Å². The number of rotatable bonds is 9. The third kappa shape index (κ3) is 5.48. The Bertz CT molecular complexity index is 674. The fourth-order valence-electron chi connectivity index (χ4n) is 2.47. The highest BCUT2D eigenvalue weighted by atomic mass is 16.5. The third-order valence-corrected chi connectivity index (χ3v) is 3.96. The van der Waals surface area contributed by atoms with E-state index in [2.05, 4.69) is 17.2 Å². The van der Waals surface area contributed by atoms with Crippen molar-refractivity contribution in [3.63, 3.8) is 0 Å². The Morgan fingerprint density at radius 3 is 2.76 bits per heavy atom. The Kier molecular flexibility index (Phi) is 7.26. The summed E-state index contributed by atoms with van der Waals surface area (Å²) in [5.41, 5.74) is 1.49. The van der Waals surface area contributed by atoms with Crippen LogP contribution in [-0.4, -0.2) is 24.6 Å². The van der Waals surface area contributed by atoms with Crippen LogP contribution < -0.4 is 14.8 Å². The number of nitrogens with one attached hydrogen (secondary N) is 1. The molecular formula is C20H26N2O3. The molecule has 0 saturated carbocycles. The number of amides is 1. The number of ether oxygens (including phenoxy) is 2. The van der Waals surface area contributed by atoms with Gasteiger partial charge in [-0.25, -0.2) is 0 Å². The lowest BCUT2D eigenvalue weighted by Crippen LogP contribution is -2.26. The van der Waals surface area contributed by atoms with Gasteiger partial charge in [-0.2, -0.15) is 0 Å². The van der Waals surface area contributed by atoms with Crippen molar-refractivity contribution in [1.82, 2.24) is 10.3 Å². The van der Waals surface area contributed by atoms with E-state index in [1.54, 1.807) is 31.6 Å². The molecule has 1 N–H and O–H groups in total. The monoisotopic (exact) mass is 342 g/mol. The van der Waals surface area contributed by atoms with E-state index in [-0.39, 0.29) is 11.9 Å². The number of nitrogens with zero attached hydrogens (tertiary/aromatic N) is 1. The van der Waals surface area contributed by atoms with Gasteiger partial charge >= 0.3 is 0 Å². The van der Waals surface area contributed by atoms with E-state index in [0.717, 1.165) is 30.6 Å². The second kappa shape index (κ2) is 9.67. The first kappa shape index (κ1) is 18.8. The first-order valence-corrected chi connectivity index (χ1v) is 8.67. The fraction of sp³-hybridized carbons (Fsp3) is 0.400. The molecule has 2 aromatic rings. The molecule has 0 aliphatic rings. The summed E-state index contributed by atoms with van der Waals surface area (Å²) in [6.07, 6.45) is 6.53. The first-order chi connectivity index (χ1) is 12.2. The van der Waals surface area contributed by atoms with Crippen LogP contribution in [0, 0.1) is 0 Å². The second-order valence-corrected chi connectivity index (χ2v) is 5.90. The van der Waals surface area contributed by atoms with Crippen LogP contribution in [0.15, 0.2) is 42.7 Å². The Morgan fingerprint density at radius 1 is 1.24 bits per heavy atom. The van der Waals surface area contributed by atoms with Gasteiger partial charge in [0.05, 0.1) is 25.3 Å². The van der Waals surface area contributed by atoms with Crippen molar-refractivity contribution in [3.8, 4) is 11.5 Å². The zero-order valence-electron chi connectivity index (χ0n) is 15.1. The van der Waals surface area contributed by atoms with Gasteiger partial charge in [-0.1, -0.05) is 25.8 Å². The summed E-state index contributed by atoms with van der Waals surface area (Å²) in [5, 5.41) is 2.97. The minimum Gasteiger partial charge on any atom is -0.493 e. The highest BCUT2D eigenvalue weighted by Crippen LogP contribution is 2.30. The summed E-state index contributed by atoms with van der Waals surface area (Å²) in [4.78, 5) is 16.2. The lowest BCUT2D eigenvalue weighted by molar-refractivity contribution is 0.0939. The molecule has 0 spiro atoms. The van der Waals surface area contributed by atoms with Gasteiger partial charge in [-0.05, 0) is 43.2 Å². The number of unbranched alkanes of at least 4 members (excludes halogenated alkanes) is 2. The number of carbonyl (C=O) groups excluding carboxylic acids is 1. The molecule has 0 aliphatic heterocycles. The van der Waals surface area contributed by atoms with Crippen LogP contribution in [0.25, 0.3) is 0 Å². The lowest BCUT2D eigenvalue weighted by Gasteiger charge is -2.17. The van der Waals surface area contributed by atoms with Gasteiger partial charge < -0.3 is 14.8 Å². The molecular weight excluding hydrogens is 316 g/mol. The summed E-state index contributed by atoms with van der Waals surface area (Å²) in [6.45, 7) is 4.78. The number of methoxy groups -OCH3 is 1. The van der Waals surface area contributed by atoms with Crippen molar-refractivity contribution < 1.29 is 14.3 Å². The maximum Gasteiger partial charge on any atom is 0.253 e. The predicted octanol–water partition coefficient (Wildman–Crippen LogP) is 4.15. The molecule has 25 heavy (non-hydrogen) atoms. The van der Waals surface area contributed by atoms with E-state index in [1.807, 2.05) is 25.1 Å². The van der Waals surface area contributed by atoms with E-state index in [4.69, 9.17) is 9.47 Å². The number of aromatic nitrogens is 1. The number of benzene rings is 1. The quantitative estimate of drug-likeness (QED) is 0.696. The van der Waals surface area contributed by atoms with E-state index in [9.17, 15) is 4.79 Å². The molecule has 1 heterocycles. The topological polar surface area (TPSA) is 60.5 Å². The summed E-state index contributed by atoms with van der Waals surface area (Å²) >= 11 is 0. The highest BCUT2D eigenvalue weighted by Gasteiger charge is 2.14. The molecule has 1 aromatic carbocycles. The molecule has 0 saturated heterocycles. The van der Waals surface area contributed by atoms with Crippen molar-refractivity contribution in [2.24, 2.45) is 0 Å². The average Bonchev–Trinajstić information content (AvgIpc) is 2.65. The normalized spacial score (nSPS) is 11.6. The average molecular weight is 342 g/mol. The van der Waals surface area contributed by atoms with Crippen LogP contribution in [0.1, 0.15) is 55.1 Å². The standard InChI is InChI=1S/C20H26N2O3/c1-4-5-6-12-25-18-10-9-16(13-19(18)24-3)15(2)22-20(23)17-8-7-11-21-14-17/h7-11,13-15H,4-6,12H2,1-3H3,(H,22,23). The molecule has 1 unspecified atom stereocenters. The number of pyridine rings is 1. The van der Waals surface area contributed by atoms with Gasteiger partial charge in [-0.3, -0.25) is 9.78 Å². The molecule has 1 atom stereocenters. The van der Waals surface area contributed by atoms with Gasteiger partial charge in [0.15, 0.2) is 11.5 Å². The number of hydrogen-bond acceptors (Lipinski definition) is 4. The van der Waals surface area contributed by atoms with Gasteiger partial charge in [0.1, 0.15) is 0 Å². The Balaban J connectivity index is 2.02. The maximum absolute atomic E-state index is 12.2. The van der Waals surface area contributed by atoms with Crippen molar-refractivity contribution in [1.29, 1.82) is 0 Å². The molecule has 2 rings (SSSR count). The van der Waals surface area contributed by atoms with Gasteiger partial charge in [-0.15, -0.1) is 0 Å². The Labute approximate surface area is 149 Å². The van der Waals surface area contributed by atoms with Crippen molar-refractivity contribution in [2.75, 3.05) is 13.7 Å². The predicted molar refractivity (Wildman–Crippen MR) is 98.1 cm³/mol. The minimum absolute atomic E-state index is 0.153. The SMILES string of the molecule is CCCCCOc1ccc(C(C)NC(=O)c2cccnc2)cc1OC. The molecule has 1 amide bonds. The van der Waals surface area contributed by atoms with Gasteiger partial charge in [0.2, 0.25) is 0 Å². The van der Waals surface area contributed by atoms with Crippen LogP contribution in [-0.2, 0) is 0 Å². The smallest absolute Gasteiger partial charge is 0.253 e.